The smallest absolute Gasteiger partial charge is 0.251 e. The zero-order chi connectivity index (χ0) is 20.1. The van der Waals surface area contributed by atoms with Crippen LogP contribution in [0.1, 0.15) is 10.4 Å². The molecule has 0 saturated carbocycles. The number of hydrogen-bond donors (Lipinski definition) is 2. The number of ether oxygens (including phenoxy) is 2. The fraction of sp³-hybridized carbons (Fsp3) is 0.167. The number of aromatic nitrogens is 1. The standard InChI is InChI=1S/C18H16BrN3O4S2/c1-25-11-5-10(6-12(7-11)26-2)17(24)20-8-16(23)22-18-21-13(9-27-18)14-3-4-15(19)28-14/h3-7,9H,8H2,1-2H3,(H,20,24)(H,21,22,23). The normalized spacial score (nSPS) is 10.4. The topological polar surface area (TPSA) is 89.5 Å². The number of nitrogens with zero attached hydrogens (tertiary/aromatic N) is 1. The maximum atomic E-state index is 12.3. The number of hydrogen-bond acceptors (Lipinski definition) is 7. The number of amides is 2. The second-order valence-corrected chi connectivity index (χ2v) is 8.79. The van der Waals surface area contributed by atoms with E-state index in [9.17, 15) is 9.59 Å². The number of methoxy groups -OCH3 is 2. The first-order valence-corrected chi connectivity index (χ1v) is 10.5. The highest BCUT2D eigenvalue weighted by Gasteiger charge is 2.13. The number of rotatable bonds is 7. The zero-order valence-corrected chi connectivity index (χ0v) is 18.2. The Morgan fingerprint density at radius 2 is 1.86 bits per heavy atom. The summed E-state index contributed by atoms with van der Waals surface area (Å²) in [6.07, 6.45) is 0. The Balaban J connectivity index is 1.57. The Hall–Kier alpha value is -2.43. The van der Waals surface area contributed by atoms with Crippen LogP contribution in [0.2, 0.25) is 0 Å². The number of halogens is 1. The number of anilines is 1. The van der Waals surface area contributed by atoms with E-state index in [1.54, 1.807) is 29.5 Å². The first-order chi connectivity index (χ1) is 13.5. The Kier molecular flexibility index (Phi) is 6.65. The Labute approximate surface area is 177 Å². The molecule has 0 aliphatic rings. The van der Waals surface area contributed by atoms with Gasteiger partial charge in [0.1, 0.15) is 11.5 Å². The third kappa shape index (κ3) is 5.09. The summed E-state index contributed by atoms with van der Waals surface area (Å²) < 4.78 is 11.3. The summed E-state index contributed by atoms with van der Waals surface area (Å²) in [6.45, 7) is -0.183. The molecular weight excluding hydrogens is 466 g/mol. The number of benzene rings is 1. The Bertz CT molecular complexity index is 980. The molecule has 28 heavy (non-hydrogen) atoms. The highest BCUT2D eigenvalue weighted by molar-refractivity contribution is 9.11. The molecule has 2 aromatic heterocycles. The largest absolute Gasteiger partial charge is 0.497 e. The van der Waals surface area contributed by atoms with E-state index >= 15 is 0 Å². The summed E-state index contributed by atoms with van der Waals surface area (Å²) in [5.41, 5.74) is 1.13. The average Bonchev–Trinajstić information content (AvgIpc) is 3.34. The minimum absolute atomic E-state index is 0.183. The van der Waals surface area contributed by atoms with Crippen LogP contribution >= 0.6 is 38.6 Å². The van der Waals surface area contributed by atoms with Gasteiger partial charge in [-0.3, -0.25) is 9.59 Å². The minimum Gasteiger partial charge on any atom is -0.497 e. The molecule has 0 aliphatic carbocycles. The predicted molar refractivity (Wildman–Crippen MR) is 114 cm³/mol. The summed E-state index contributed by atoms with van der Waals surface area (Å²) in [7, 11) is 3.00. The molecule has 1 aromatic carbocycles. The van der Waals surface area contributed by atoms with Gasteiger partial charge in [-0.2, -0.15) is 0 Å². The molecule has 0 atom stereocenters. The second kappa shape index (κ2) is 9.18. The van der Waals surface area contributed by atoms with Crippen molar-refractivity contribution < 1.29 is 19.1 Å². The molecule has 0 fully saturated rings. The lowest BCUT2D eigenvalue weighted by Crippen LogP contribution is -2.32. The van der Waals surface area contributed by atoms with E-state index in [2.05, 4.69) is 31.5 Å². The Morgan fingerprint density at radius 1 is 1.14 bits per heavy atom. The predicted octanol–water partition coefficient (Wildman–Crippen LogP) is 4.02. The molecule has 0 aliphatic heterocycles. The van der Waals surface area contributed by atoms with Crippen molar-refractivity contribution in [3.63, 3.8) is 0 Å². The first-order valence-electron chi connectivity index (χ1n) is 8.01. The van der Waals surface area contributed by atoms with E-state index in [0.29, 0.717) is 22.2 Å². The third-order valence-electron chi connectivity index (χ3n) is 3.60. The van der Waals surface area contributed by atoms with Crippen molar-refractivity contribution in [1.29, 1.82) is 0 Å². The second-order valence-electron chi connectivity index (χ2n) is 5.47. The number of carbonyl (C=O) groups is 2. The van der Waals surface area contributed by atoms with Gasteiger partial charge in [0.15, 0.2) is 5.13 Å². The molecule has 0 spiro atoms. The van der Waals surface area contributed by atoms with Crippen molar-refractivity contribution in [2.75, 3.05) is 26.1 Å². The van der Waals surface area contributed by atoms with Crippen molar-refractivity contribution >= 4 is 55.5 Å². The molecule has 2 N–H and O–H groups in total. The van der Waals surface area contributed by atoms with Gasteiger partial charge in [0.05, 0.1) is 35.1 Å². The van der Waals surface area contributed by atoms with Gasteiger partial charge in [0, 0.05) is 17.0 Å². The molecule has 0 bridgehead atoms. The van der Waals surface area contributed by atoms with Crippen molar-refractivity contribution in [1.82, 2.24) is 10.3 Å². The van der Waals surface area contributed by atoms with Crippen molar-refractivity contribution in [3.8, 4) is 22.1 Å². The van der Waals surface area contributed by atoms with E-state index in [-0.39, 0.29) is 12.5 Å². The number of thiophene rings is 1. The third-order valence-corrected chi connectivity index (χ3v) is 6.00. The van der Waals surface area contributed by atoms with Gasteiger partial charge >= 0.3 is 0 Å². The summed E-state index contributed by atoms with van der Waals surface area (Å²) >= 11 is 6.30. The maximum absolute atomic E-state index is 12.3. The maximum Gasteiger partial charge on any atom is 0.251 e. The van der Waals surface area contributed by atoms with E-state index in [1.807, 2.05) is 17.5 Å². The molecule has 0 saturated heterocycles. The molecule has 0 radical (unpaired) electrons. The number of carbonyl (C=O) groups excluding carboxylic acids is 2. The van der Waals surface area contributed by atoms with E-state index in [0.717, 1.165) is 14.4 Å². The SMILES string of the molecule is COc1cc(OC)cc(C(=O)NCC(=O)Nc2nc(-c3ccc(Br)s3)cs2)c1. The van der Waals surface area contributed by atoms with E-state index in [1.165, 1.54) is 25.6 Å². The highest BCUT2D eigenvalue weighted by atomic mass is 79.9. The molecule has 0 unspecified atom stereocenters. The van der Waals surface area contributed by atoms with Gasteiger partial charge in [0.25, 0.3) is 5.91 Å². The number of thiazole rings is 1. The molecule has 2 heterocycles. The molecule has 7 nitrogen and oxygen atoms in total. The average molecular weight is 482 g/mol. The lowest BCUT2D eigenvalue weighted by Gasteiger charge is -2.09. The Morgan fingerprint density at radius 3 is 2.46 bits per heavy atom. The zero-order valence-electron chi connectivity index (χ0n) is 14.9. The van der Waals surface area contributed by atoms with Gasteiger partial charge in [0.2, 0.25) is 5.91 Å². The van der Waals surface area contributed by atoms with Gasteiger partial charge < -0.3 is 20.1 Å². The van der Waals surface area contributed by atoms with E-state index < -0.39 is 5.91 Å². The summed E-state index contributed by atoms with van der Waals surface area (Å²) in [5, 5.41) is 7.61. The van der Waals surface area contributed by atoms with Gasteiger partial charge in [-0.25, -0.2) is 4.98 Å². The van der Waals surface area contributed by atoms with Gasteiger partial charge in [-0.05, 0) is 40.2 Å². The van der Waals surface area contributed by atoms with Crippen LogP contribution < -0.4 is 20.1 Å². The van der Waals surface area contributed by atoms with E-state index in [4.69, 9.17) is 9.47 Å². The summed E-state index contributed by atoms with van der Waals surface area (Å²) in [6, 6.07) is 8.71. The summed E-state index contributed by atoms with van der Waals surface area (Å²) in [5.74, 6) is 0.209. The molecule has 2 amide bonds. The summed E-state index contributed by atoms with van der Waals surface area (Å²) in [4.78, 5) is 29.8. The fourth-order valence-corrected chi connectivity index (χ4v) is 4.41. The van der Waals surface area contributed by atoms with Gasteiger partial charge in [-0.15, -0.1) is 22.7 Å². The van der Waals surface area contributed by atoms with Crippen LogP contribution in [-0.4, -0.2) is 37.6 Å². The molecule has 3 aromatic rings. The first kappa shape index (κ1) is 20.3. The monoisotopic (exact) mass is 481 g/mol. The van der Waals surface area contributed by atoms with Crippen LogP contribution in [-0.2, 0) is 4.79 Å². The quantitative estimate of drug-likeness (QED) is 0.531. The fourth-order valence-electron chi connectivity index (χ4n) is 2.26. The molecule has 3 rings (SSSR count). The van der Waals surface area contributed by atoms with Crippen molar-refractivity contribution in [2.24, 2.45) is 0 Å². The van der Waals surface area contributed by atoms with Gasteiger partial charge in [-0.1, -0.05) is 0 Å². The lowest BCUT2D eigenvalue weighted by atomic mass is 10.2. The van der Waals surface area contributed by atoms with Crippen LogP contribution in [0, 0.1) is 0 Å². The van der Waals surface area contributed by atoms with Crippen molar-refractivity contribution in [3.05, 3.63) is 45.1 Å². The van der Waals surface area contributed by atoms with Crippen LogP contribution in [0.3, 0.4) is 0 Å². The number of nitrogens with one attached hydrogen (secondary N) is 2. The minimum atomic E-state index is -0.407. The van der Waals surface area contributed by atoms with Crippen molar-refractivity contribution in [2.45, 2.75) is 0 Å². The molecular formula is C18H16BrN3O4S2. The highest BCUT2D eigenvalue weighted by Crippen LogP contribution is 2.33. The van der Waals surface area contributed by atoms with Crippen LogP contribution in [0.25, 0.3) is 10.6 Å². The lowest BCUT2D eigenvalue weighted by molar-refractivity contribution is -0.115. The molecule has 146 valence electrons. The van der Waals surface area contributed by atoms with Crippen LogP contribution in [0.15, 0.2) is 39.5 Å². The van der Waals surface area contributed by atoms with Crippen LogP contribution in [0.5, 0.6) is 11.5 Å². The molecule has 10 heteroatoms. The van der Waals surface area contributed by atoms with Crippen LogP contribution in [0.4, 0.5) is 5.13 Å².